The number of hydrogen-bond acceptors (Lipinski definition) is 1. The van der Waals surface area contributed by atoms with Crippen molar-refractivity contribution in [3.8, 4) is 0 Å². The van der Waals surface area contributed by atoms with Gasteiger partial charge in [0.15, 0.2) is 8.32 Å². The van der Waals surface area contributed by atoms with Gasteiger partial charge in [0.1, 0.15) is 0 Å². The van der Waals surface area contributed by atoms with E-state index in [-0.39, 0.29) is 0 Å². The molecular weight excluding hydrogens is 428 g/mol. The first-order chi connectivity index (χ1) is 16.7. The SMILES string of the molecule is CCCCCCCCCCCCCCO[Si](CCCCCC)(CCCCCC)CCCCCC. The Hall–Kier alpha value is 0.177. The van der Waals surface area contributed by atoms with E-state index in [4.69, 9.17) is 4.43 Å². The Kier molecular flexibility index (Phi) is 27.9. The van der Waals surface area contributed by atoms with E-state index < -0.39 is 8.32 Å². The third kappa shape index (κ3) is 22.6. The van der Waals surface area contributed by atoms with Crippen molar-refractivity contribution < 1.29 is 4.43 Å². The highest BCUT2D eigenvalue weighted by atomic mass is 28.4. The van der Waals surface area contributed by atoms with Crippen molar-refractivity contribution in [2.75, 3.05) is 6.61 Å². The molecule has 0 heterocycles. The van der Waals surface area contributed by atoms with Crippen LogP contribution in [-0.4, -0.2) is 14.9 Å². The van der Waals surface area contributed by atoms with Crippen molar-refractivity contribution in [1.82, 2.24) is 0 Å². The van der Waals surface area contributed by atoms with Gasteiger partial charge in [-0.2, -0.15) is 0 Å². The maximum atomic E-state index is 7.00. The molecule has 34 heavy (non-hydrogen) atoms. The lowest BCUT2D eigenvalue weighted by atomic mass is 10.1. The van der Waals surface area contributed by atoms with Crippen molar-refractivity contribution in [3.63, 3.8) is 0 Å². The molecule has 0 aromatic carbocycles. The zero-order valence-electron chi connectivity index (χ0n) is 24.7. The number of rotatable bonds is 29. The highest BCUT2D eigenvalue weighted by Crippen LogP contribution is 2.31. The summed E-state index contributed by atoms with van der Waals surface area (Å²) in [7, 11) is -1.55. The second kappa shape index (κ2) is 27.8. The summed E-state index contributed by atoms with van der Waals surface area (Å²) in [6, 6.07) is 4.34. The van der Waals surface area contributed by atoms with Gasteiger partial charge in [-0.15, -0.1) is 0 Å². The molecule has 0 fully saturated rings. The predicted molar refractivity (Wildman–Crippen MR) is 160 cm³/mol. The van der Waals surface area contributed by atoms with Crippen LogP contribution in [0.3, 0.4) is 0 Å². The fraction of sp³-hybridized carbons (Fsp3) is 1.00. The molecule has 0 radical (unpaired) electrons. The van der Waals surface area contributed by atoms with Crippen molar-refractivity contribution in [2.45, 2.75) is 200 Å². The Balaban J connectivity index is 4.28. The van der Waals surface area contributed by atoms with Gasteiger partial charge in [0.05, 0.1) is 0 Å². The van der Waals surface area contributed by atoms with Gasteiger partial charge < -0.3 is 4.43 Å². The highest BCUT2D eigenvalue weighted by Gasteiger charge is 2.33. The lowest BCUT2D eigenvalue weighted by Gasteiger charge is -2.32. The van der Waals surface area contributed by atoms with Crippen LogP contribution in [0.4, 0.5) is 0 Å². The van der Waals surface area contributed by atoms with Gasteiger partial charge in [-0.3, -0.25) is 0 Å². The van der Waals surface area contributed by atoms with Gasteiger partial charge in [-0.05, 0) is 24.6 Å². The molecule has 0 amide bonds. The van der Waals surface area contributed by atoms with E-state index in [1.807, 2.05) is 0 Å². The molecule has 0 aliphatic carbocycles. The van der Waals surface area contributed by atoms with Crippen LogP contribution < -0.4 is 0 Å². The maximum absolute atomic E-state index is 7.00. The van der Waals surface area contributed by atoms with Crippen molar-refractivity contribution in [2.24, 2.45) is 0 Å². The molecule has 1 nitrogen and oxygen atoms in total. The molecule has 0 saturated heterocycles. The second-order valence-electron chi connectivity index (χ2n) is 11.4. The highest BCUT2D eigenvalue weighted by molar-refractivity contribution is 6.73. The average Bonchev–Trinajstić information content (AvgIpc) is 2.85. The lowest BCUT2D eigenvalue weighted by Crippen LogP contribution is -2.38. The molecule has 206 valence electrons. The molecular formula is C32H68OSi. The standard InChI is InChI=1S/C32H68OSi/c1-5-9-13-17-18-19-20-21-22-23-24-25-29-33-34(30-26-14-10-6-2,31-27-15-11-7-3)32-28-16-12-8-4/h5-32H2,1-4H3. The summed E-state index contributed by atoms with van der Waals surface area (Å²) in [5, 5.41) is 0. The van der Waals surface area contributed by atoms with Crippen LogP contribution in [0.1, 0.15) is 182 Å². The molecule has 0 aliphatic heterocycles. The zero-order valence-corrected chi connectivity index (χ0v) is 25.7. The van der Waals surface area contributed by atoms with Gasteiger partial charge in [0.25, 0.3) is 0 Å². The first kappa shape index (κ1) is 34.2. The van der Waals surface area contributed by atoms with Gasteiger partial charge in [0, 0.05) is 6.61 Å². The fourth-order valence-electron chi connectivity index (χ4n) is 5.45. The summed E-state index contributed by atoms with van der Waals surface area (Å²) in [6.07, 6.45) is 34.0. The normalized spacial score (nSPS) is 12.0. The summed E-state index contributed by atoms with van der Waals surface area (Å²) in [5.41, 5.74) is 0. The van der Waals surface area contributed by atoms with Crippen LogP contribution >= 0.6 is 0 Å². The molecule has 0 saturated carbocycles. The summed E-state index contributed by atoms with van der Waals surface area (Å²) >= 11 is 0. The second-order valence-corrected chi connectivity index (χ2v) is 15.5. The molecule has 2 heteroatoms. The summed E-state index contributed by atoms with van der Waals surface area (Å²) < 4.78 is 7.00. The Bertz CT molecular complexity index is 339. The predicted octanol–water partition coefficient (Wildman–Crippen LogP) is 12.4. The minimum Gasteiger partial charge on any atom is -0.417 e. The molecule has 0 bridgehead atoms. The summed E-state index contributed by atoms with van der Waals surface area (Å²) in [4.78, 5) is 0. The molecule has 0 N–H and O–H groups in total. The maximum Gasteiger partial charge on any atom is 0.192 e. The summed E-state index contributed by atoms with van der Waals surface area (Å²) in [5.74, 6) is 0. The van der Waals surface area contributed by atoms with E-state index in [0.29, 0.717) is 0 Å². The Morgan fingerprint density at radius 2 is 0.588 bits per heavy atom. The van der Waals surface area contributed by atoms with Crippen molar-refractivity contribution in [1.29, 1.82) is 0 Å². The molecule has 0 unspecified atom stereocenters. The monoisotopic (exact) mass is 497 g/mol. The summed E-state index contributed by atoms with van der Waals surface area (Å²) in [6.45, 7) is 10.4. The molecule has 0 aromatic heterocycles. The van der Waals surface area contributed by atoms with Gasteiger partial charge in [0.2, 0.25) is 0 Å². The van der Waals surface area contributed by atoms with E-state index in [1.165, 1.54) is 172 Å². The van der Waals surface area contributed by atoms with E-state index in [9.17, 15) is 0 Å². The largest absolute Gasteiger partial charge is 0.417 e. The van der Waals surface area contributed by atoms with Crippen LogP contribution in [0.5, 0.6) is 0 Å². The Labute approximate surface area is 219 Å². The number of unbranched alkanes of at least 4 members (excludes halogenated alkanes) is 20. The van der Waals surface area contributed by atoms with Crippen LogP contribution in [-0.2, 0) is 4.43 Å². The molecule has 0 atom stereocenters. The fourth-order valence-corrected chi connectivity index (χ4v) is 9.89. The van der Waals surface area contributed by atoms with Crippen molar-refractivity contribution in [3.05, 3.63) is 0 Å². The average molecular weight is 497 g/mol. The first-order valence-corrected chi connectivity index (χ1v) is 18.9. The Morgan fingerprint density at radius 1 is 0.324 bits per heavy atom. The molecule has 0 aromatic rings. The van der Waals surface area contributed by atoms with Gasteiger partial charge in [-0.1, -0.05) is 175 Å². The third-order valence-electron chi connectivity index (χ3n) is 7.86. The molecule has 0 spiro atoms. The quantitative estimate of drug-likeness (QED) is 0.0738. The molecule has 0 rings (SSSR count). The van der Waals surface area contributed by atoms with Crippen molar-refractivity contribution >= 4 is 8.32 Å². The molecule has 0 aliphatic rings. The van der Waals surface area contributed by atoms with Crippen LogP contribution in [0.2, 0.25) is 18.1 Å². The topological polar surface area (TPSA) is 9.23 Å². The minimum atomic E-state index is -1.55. The van der Waals surface area contributed by atoms with Gasteiger partial charge in [-0.25, -0.2) is 0 Å². The Morgan fingerprint density at radius 3 is 0.912 bits per heavy atom. The zero-order chi connectivity index (χ0) is 25.0. The van der Waals surface area contributed by atoms with E-state index >= 15 is 0 Å². The first-order valence-electron chi connectivity index (χ1n) is 16.4. The van der Waals surface area contributed by atoms with E-state index in [2.05, 4.69) is 27.7 Å². The smallest absolute Gasteiger partial charge is 0.192 e. The van der Waals surface area contributed by atoms with Crippen LogP contribution in [0.15, 0.2) is 0 Å². The van der Waals surface area contributed by atoms with E-state index in [0.717, 1.165) is 6.61 Å². The minimum absolute atomic E-state index is 1.07. The third-order valence-corrected chi connectivity index (χ3v) is 12.5. The van der Waals surface area contributed by atoms with Crippen LogP contribution in [0.25, 0.3) is 0 Å². The van der Waals surface area contributed by atoms with Crippen LogP contribution in [0, 0.1) is 0 Å². The van der Waals surface area contributed by atoms with Gasteiger partial charge >= 0.3 is 0 Å². The van der Waals surface area contributed by atoms with E-state index in [1.54, 1.807) is 0 Å². The number of hydrogen-bond donors (Lipinski definition) is 0. The lowest BCUT2D eigenvalue weighted by molar-refractivity contribution is 0.281.